The molecule has 4 nitrogen and oxygen atoms in total. The summed E-state index contributed by atoms with van der Waals surface area (Å²) in [7, 11) is 0. The van der Waals surface area contributed by atoms with E-state index in [-0.39, 0.29) is 6.42 Å². The number of hydrogen-bond donors (Lipinski definition) is 2. The summed E-state index contributed by atoms with van der Waals surface area (Å²) in [6.07, 6.45) is 1.29. The van der Waals surface area contributed by atoms with Crippen molar-refractivity contribution < 1.29 is 19.8 Å². The van der Waals surface area contributed by atoms with Gasteiger partial charge in [0.2, 0.25) is 0 Å². The molecule has 0 unspecified atom stereocenters. The fraction of sp³-hybridized carbons (Fsp3) is 0.429. The molecule has 62 valence electrons. The molecule has 0 fully saturated rings. The maximum absolute atomic E-state index is 10.0. The molecular weight excluding hydrogens is 148 g/mol. The minimum Gasteiger partial charge on any atom is -0.481 e. The maximum Gasteiger partial charge on any atom is 0.328 e. The van der Waals surface area contributed by atoms with Crippen LogP contribution in [0, 0.1) is 0 Å². The van der Waals surface area contributed by atoms with Crippen LogP contribution in [0.3, 0.4) is 0 Å². The third kappa shape index (κ3) is 6.57. The zero-order valence-corrected chi connectivity index (χ0v) is 6.20. The molecule has 0 heterocycles. The second-order valence-corrected chi connectivity index (χ2v) is 2.22. The maximum atomic E-state index is 10.0. The molecule has 0 radical (unpaired) electrons. The third-order valence-corrected chi connectivity index (χ3v) is 1.10. The molecule has 0 bridgehead atoms. The molecule has 4 heteroatoms. The van der Waals surface area contributed by atoms with Crippen LogP contribution >= 0.6 is 0 Å². The van der Waals surface area contributed by atoms with Crippen LogP contribution < -0.4 is 0 Å². The molecular formula is C7H10O4. The van der Waals surface area contributed by atoms with E-state index in [1.165, 1.54) is 0 Å². The number of carboxylic acids is 2. The second kappa shape index (κ2) is 4.49. The summed E-state index contributed by atoms with van der Waals surface area (Å²) in [4.78, 5) is 20.0. The van der Waals surface area contributed by atoms with Crippen LogP contribution in [-0.2, 0) is 9.59 Å². The van der Waals surface area contributed by atoms with Gasteiger partial charge in [-0.05, 0) is 13.3 Å². The van der Waals surface area contributed by atoms with Crippen molar-refractivity contribution in [2.24, 2.45) is 0 Å². The molecule has 0 saturated heterocycles. The Labute approximate surface area is 64.2 Å². The zero-order chi connectivity index (χ0) is 8.85. The summed E-state index contributed by atoms with van der Waals surface area (Å²) in [5.74, 6) is -1.95. The first-order chi connectivity index (χ1) is 5.02. The number of carboxylic acid groups (broad SMARTS) is 2. The average Bonchev–Trinajstić information content (AvgIpc) is 1.82. The summed E-state index contributed by atoms with van der Waals surface area (Å²) in [6, 6.07) is 0. The zero-order valence-electron chi connectivity index (χ0n) is 6.20. The predicted octanol–water partition coefficient (Wildman–Crippen LogP) is 0.882. The van der Waals surface area contributed by atoms with Gasteiger partial charge in [-0.3, -0.25) is 4.79 Å². The number of rotatable bonds is 4. The van der Waals surface area contributed by atoms with Crippen molar-refractivity contribution >= 4 is 11.9 Å². The van der Waals surface area contributed by atoms with E-state index in [9.17, 15) is 9.59 Å². The molecule has 0 aromatic rings. The Morgan fingerprint density at radius 2 is 1.82 bits per heavy atom. The minimum absolute atomic E-state index is 0.0182. The summed E-state index contributed by atoms with van der Waals surface area (Å²) in [5.41, 5.74) is 0.569. The molecule has 0 amide bonds. The van der Waals surface area contributed by atoms with E-state index >= 15 is 0 Å². The van der Waals surface area contributed by atoms with E-state index in [1.807, 2.05) is 0 Å². The van der Waals surface area contributed by atoms with Crippen LogP contribution in [0.5, 0.6) is 0 Å². The lowest BCUT2D eigenvalue weighted by molar-refractivity contribution is -0.137. The van der Waals surface area contributed by atoms with Crippen LogP contribution in [0.2, 0.25) is 0 Å². The first-order valence-electron chi connectivity index (χ1n) is 3.14. The Kier molecular flexibility index (Phi) is 3.95. The van der Waals surface area contributed by atoms with E-state index in [0.717, 1.165) is 6.08 Å². The fourth-order valence-corrected chi connectivity index (χ4v) is 0.587. The van der Waals surface area contributed by atoms with Crippen LogP contribution in [0.1, 0.15) is 19.8 Å². The van der Waals surface area contributed by atoms with Crippen molar-refractivity contribution in [3.05, 3.63) is 11.6 Å². The van der Waals surface area contributed by atoms with E-state index < -0.39 is 11.9 Å². The Morgan fingerprint density at radius 1 is 1.27 bits per heavy atom. The number of allylic oxidation sites excluding steroid dienone is 1. The number of carbonyl (C=O) groups is 2. The van der Waals surface area contributed by atoms with Gasteiger partial charge in [0.25, 0.3) is 0 Å². The Bertz CT molecular complexity index is 193. The van der Waals surface area contributed by atoms with Gasteiger partial charge in [0.05, 0.1) is 0 Å². The van der Waals surface area contributed by atoms with Gasteiger partial charge in [-0.1, -0.05) is 5.57 Å². The monoisotopic (exact) mass is 158 g/mol. The third-order valence-electron chi connectivity index (χ3n) is 1.10. The largest absolute Gasteiger partial charge is 0.481 e. The highest BCUT2D eigenvalue weighted by Crippen LogP contribution is 2.02. The van der Waals surface area contributed by atoms with Crippen molar-refractivity contribution in [3.8, 4) is 0 Å². The molecule has 0 spiro atoms. The number of aliphatic carboxylic acids is 2. The predicted molar refractivity (Wildman–Crippen MR) is 38.3 cm³/mol. The topological polar surface area (TPSA) is 74.6 Å². The molecule has 0 atom stereocenters. The van der Waals surface area contributed by atoms with Gasteiger partial charge in [0.15, 0.2) is 0 Å². The lowest BCUT2D eigenvalue weighted by Crippen LogP contribution is -1.96. The highest BCUT2D eigenvalue weighted by Gasteiger charge is 1.98. The molecule has 0 aliphatic carbocycles. The lowest BCUT2D eigenvalue weighted by atomic mass is 10.1. The lowest BCUT2D eigenvalue weighted by Gasteiger charge is -1.94. The Balaban J connectivity index is 3.77. The van der Waals surface area contributed by atoms with E-state index in [2.05, 4.69) is 0 Å². The highest BCUT2D eigenvalue weighted by molar-refractivity contribution is 5.80. The highest BCUT2D eigenvalue weighted by atomic mass is 16.4. The molecule has 0 aromatic heterocycles. The van der Waals surface area contributed by atoms with Crippen molar-refractivity contribution in [1.29, 1.82) is 0 Å². The summed E-state index contributed by atoms with van der Waals surface area (Å²) in [5, 5.41) is 16.4. The normalized spacial score (nSPS) is 11.2. The van der Waals surface area contributed by atoms with Crippen molar-refractivity contribution in [2.45, 2.75) is 19.8 Å². The van der Waals surface area contributed by atoms with Gasteiger partial charge in [0, 0.05) is 12.5 Å². The molecule has 11 heavy (non-hydrogen) atoms. The van der Waals surface area contributed by atoms with Crippen LogP contribution in [-0.4, -0.2) is 22.2 Å². The Hall–Kier alpha value is -1.32. The van der Waals surface area contributed by atoms with Gasteiger partial charge in [-0.25, -0.2) is 4.79 Å². The van der Waals surface area contributed by atoms with E-state index in [1.54, 1.807) is 6.92 Å². The quantitative estimate of drug-likeness (QED) is 0.595. The van der Waals surface area contributed by atoms with Crippen LogP contribution in [0.15, 0.2) is 11.6 Å². The van der Waals surface area contributed by atoms with E-state index in [4.69, 9.17) is 10.2 Å². The molecule has 2 N–H and O–H groups in total. The SMILES string of the molecule is C/C(=C\C(=O)O)CCC(=O)O. The average molecular weight is 158 g/mol. The van der Waals surface area contributed by atoms with Crippen molar-refractivity contribution in [2.75, 3.05) is 0 Å². The van der Waals surface area contributed by atoms with Crippen molar-refractivity contribution in [3.63, 3.8) is 0 Å². The van der Waals surface area contributed by atoms with Gasteiger partial charge < -0.3 is 10.2 Å². The molecule has 0 rings (SSSR count). The van der Waals surface area contributed by atoms with Crippen LogP contribution in [0.25, 0.3) is 0 Å². The summed E-state index contributed by atoms with van der Waals surface area (Å²) < 4.78 is 0. The summed E-state index contributed by atoms with van der Waals surface area (Å²) in [6.45, 7) is 1.59. The minimum atomic E-state index is -1.03. The first-order valence-corrected chi connectivity index (χ1v) is 3.14. The molecule has 0 saturated carbocycles. The van der Waals surface area contributed by atoms with E-state index in [0.29, 0.717) is 12.0 Å². The van der Waals surface area contributed by atoms with Gasteiger partial charge in [0.1, 0.15) is 0 Å². The molecule has 0 aliphatic heterocycles. The molecule has 0 aliphatic rings. The first kappa shape index (κ1) is 9.68. The van der Waals surface area contributed by atoms with Gasteiger partial charge >= 0.3 is 11.9 Å². The van der Waals surface area contributed by atoms with Crippen molar-refractivity contribution in [1.82, 2.24) is 0 Å². The standard InChI is InChI=1S/C7H10O4/c1-5(4-7(10)11)2-3-6(8)9/h4H,2-3H2,1H3,(H,8,9)(H,10,11)/b5-4+. The number of hydrogen-bond acceptors (Lipinski definition) is 2. The Morgan fingerprint density at radius 3 is 2.18 bits per heavy atom. The molecule has 0 aromatic carbocycles. The van der Waals surface area contributed by atoms with Crippen LogP contribution in [0.4, 0.5) is 0 Å². The smallest absolute Gasteiger partial charge is 0.328 e. The fourth-order valence-electron chi connectivity index (χ4n) is 0.587. The summed E-state index contributed by atoms with van der Waals surface area (Å²) >= 11 is 0. The second-order valence-electron chi connectivity index (χ2n) is 2.22. The van der Waals surface area contributed by atoms with Gasteiger partial charge in [-0.15, -0.1) is 0 Å². The van der Waals surface area contributed by atoms with Gasteiger partial charge in [-0.2, -0.15) is 0 Å².